The SMILES string of the molecule is CC(=O)CCNC(=O)C1CCCN1. The van der Waals surface area contributed by atoms with Gasteiger partial charge in [-0.05, 0) is 26.3 Å². The fourth-order valence-corrected chi connectivity index (χ4v) is 1.39. The maximum Gasteiger partial charge on any atom is 0.237 e. The van der Waals surface area contributed by atoms with Gasteiger partial charge in [0, 0.05) is 13.0 Å². The smallest absolute Gasteiger partial charge is 0.237 e. The van der Waals surface area contributed by atoms with Gasteiger partial charge in [-0.15, -0.1) is 0 Å². The molecular weight excluding hydrogens is 168 g/mol. The van der Waals surface area contributed by atoms with Crippen LogP contribution in [0.5, 0.6) is 0 Å². The quantitative estimate of drug-likeness (QED) is 0.638. The van der Waals surface area contributed by atoms with Crippen molar-refractivity contribution in [3.05, 3.63) is 0 Å². The molecule has 4 heteroatoms. The molecule has 1 unspecified atom stereocenters. The zero-order valence-corrected chi connectivity index (χ0v) is 7.93. The molecule has 0 spiro atoms. The Labute approximate surface area is 78.1 Å². The first-order valence-electron chi connectivity index (χ1n) is 4.70. The van der Waals surface area contributed by atoms with E-state index in [2.05, 4.69) is 10.6 Å². The molecule has 1 aliphatic heterocycles. The Morgan fingerprint density at radius 1 is 1.54 bits per heavy atom. The van der Waals surface area contributed by atoms with Crippen LogP contribution in [0.2, 0.25) is 0 Å². The van der Waals surface area contributed by atoms with Crippen LogP contribution >= 0.6 is 0 Å². The molecule has 0 aliphatic carbocycles. The number of hydrogen-bond acceptors (Lipinski definition) is 3. The molecule has 4 nitrogen and oxygen atoms in total. The van der Waals surface area contributed by atoms with Gasteiger partial charge in [-0.1, -0.05) is 0 Å². The highest BCUT2D eigenvalue weighted by molar-refractivity contribution is 5.83. The van der Waals surface area contributed by atoms with Crippen LogP contribution in [0.15, 0.2) is 0 Å². The fraction of sp³-hybridized carbons (Fsp3) is 0.778. The van der Waals surface area contributed by atoms with E-state index < -0.39 is 0 Å². The third-order valence-corrected chi connectivity index (χ3v) is 2.15. The van der Waals surface area contributed by atoms with Gasteiger partial charge in [0.1, 0.15) is 5.78 Å². The molecule has 1 rings (SSSR count). The van der Waals surface area contributed by atoms with Gasteiger partial charge < -0.3 is 10.6 Å². The van der Waals surface area contributed by atoms with Crippen LogP contribution in [0, 0.1) is 0 Å². The predicted molar refractivity (Wildman–Crippen MR) is 49.3 cm³/mol. The van der Waals surface area contributed by atoms with Crippen LogP contribution in [-0.2, 0) is 9.59 Å². The zero-order valence-electron chi connectivity index (χ0n) is 7.93. The van der Waals surface area contributed by atoms with Gasteiger partial charge in [-0.2, -0.15) is 0 Å². The van der Waals surface area contributed by atoms with Crippen molar-refractivity contribution in [2.45, 2.75) is 32.2 Å². The molecule has 0 aromatic carbocycles. The van der Waals surface area contributed by atoms with E-state index >= 15 is 0 Å². The zero-order chi connectivity index (χ0) is 9.68. The predicted octanol–water partition coefficient (Wildman–Crippen LogP) is -0.166. The standard InChI is InChI=1S/C9H16N2O2/c1-7(12)4-6-11-9(13)8-3-2-5-10-8/h8,10H,2-6H2,1H3,(H,11,13). The number of carbonyl (C=O) groups is 2. The number of amides is 1. The third-order valence-electron chi connectivity index (χ3n) is 2.15. The van der Waals surface area contributed by atoms with Crippen LogP contribution in [0.1, 0.15) is 26.2 Å². The second-order valence-corrected chi connectivity index (χ2v) is 3.39. The minimum atomic E-state index is -0.0352. The minimum absolute atomic E-state index is 0.0266. The van der Waals surface area contributed by atoms with Crippen molar-refractivity contribution in [2.75, 3.05) is 13.1 Å². The van der Waals surface area contributed by atoms with E-state index in [0.717, 1.165) is 19.4 Å². The Bertz CT molecular complexity index is 198. The van der Waals surface area contributed by atoms with Crippen LogP contribution in [0.3, 0.4) is 0 Å². The van der Waals surface area contributed by atoms with Crippen molar-refractivity contribution in [2.24, 2.45) is 0 Å². The summed E-state index contributed by atoms with van der Waals surface area (Å²) < 4.78 is 0. The van der Waals surface area contributed by atoms with Crippen molar-refractivity contribution >= 4 is 11.7 Å². The maximum absolute atomic E-state index is 11.3. The molecule has 1 fully saturated rings. The van der Waals surface area contributed by atoms with Crippen LogP contribution in [0.4, 0.5) is 0 Å². The van der Waals surface area contributed by atoms with Gasteiger partial charge in [-0.25, -0.2) is 0 Å². The lowest BCUT2D eigenvalue weighted by atomic mass is 10.2. The summed E-state index contributed by atoms with van der Waals surface area (Å²) in [6.45, 7) is 2.91. The Morgan fingerprint density at radius 2 is 2.31 bits per heavy atom. The van der Waals surface area contributed by atoms with E-state index in [1.165, 1.54) is 6.92 Å². The van der Waals surface area contributed by atoms with Crippen molar-refractivity contribution in [1.29, 1.82) is 0 Å². The van der Waals surface area contributed by atoms with E-state index in [4.69, 9.17) is 0 Å². The Balaban J connectivity index is 2.13. The first kappa shape index (κ1) is 10.2. The van der Waals surface area contributed by atoms with Crippen LogP contribution in [-0.4, -0.2) is 30.8 Å². The summed E-state index contributed by atoms with van der Waals surface area (Å²) >= 11 is 0. The van der Waals surface area contributed by atoms with Crippen molar-refractivity contribution in [1.82, 2.24) is 10.6 Å². The largest absolute Gasteiger partial charge is 0.354 e. The minimum Gasteiger partial charge on any atom is -0.354 e. The normalized spacial score (nSPS) is 21.5. The monoisotopic (exact) mass is 184 g/mol. The van der Waals surface area contributed by atoms with Gasteiger partial charge >= 0.3 is 0 Å². The Kier molecular flexibility index (Phi) is 3.89. The molecule has 0 saturated carbocycles. The van der Waals surface area contributed by atoms with Crippen molar-refractivity contribution in [3.8, 4) is 0 Å². The Morgan fingerprint density at radius 3 is 2.85 bits per heavy atom. The van der Waals surface area contributed by atoms with Crippen LogP contribution in [0.25, 0.3) is 0 Å². The maximum atomic E-state index is 11.3. The molecule has 1 atom stereocenters. The number of rotatable bonds is 4. The molecule has 1 amide bonds. The molecule has 0 aromatic heterocycles. The van der Waals surface area contributed by atoms with Gasteiger partial charge in [-0.3, -0.25) is 9.59 Å². The van der Waals surface area contributed by atoms with Gasteiger partial charge in [0.2, 0.25) is 5.91 Å². The summed E-state index contributed by atoms with van der Waals surface area (Å²) in [5.41, 5.74) is 0. The second kappa shape index (κ2) is 4.97. The Hall–Kier alpha value is -0.900. The average molecular weight is 184 g/mol. The highest BCUT2D eigenvalue weighted by Gasteiger charge is 2.21. The summed E-state index contributed by atoms with van der Waals surface area (Å²) in [4.78, 5) is 21.9. The lowest BCUT2D eigenvalue weighted by molar-refractivity contribution is -0.123. The highest BCUT2D eigenvalue weighted by atomic mass is 16.2. The van der Waals surface area contributed by atoms with Gasteiger partial charge in [0.25, 0.3) is 0 Å². The summed E-state index contributed by atoms with van der Waals surface area (Å²) in [6, 6.07) is -0.0352. The second-order valence-electron chi connectivity index (χ2n) is 3.39. The summed E-state index contributed by atoms with van der Waals surface area (Å²) in [5, 5.41) is 5.83. The molecular formula is C9H16N2O2. The molecule has 0 radical (unpaired) electrons. The first-order valence-corrected chi connectivity index (χ1v) is 4.70. The first-order chi connectivity index (χ1) is 6.20. The van der Waals surface area contributed by atoms with Crippen molar-refractivity contribution < 1.29 is 9.59 Å². The average Bonchev–Trinajstić information content (AvgIpc) is 2.55. The highest BCUT2D eigenvalue weighted by Crippen LogP contribution is 2.04. The van der Waals surface area contributed by atoms with E-state index in [0.29, 0.717) is 13.0 Å². The molecule has 2 N–H and O–H groups in total. The summed E-state index contributed by atoms with van der Waals surface area (Å²) in [7, 11) is 0. The molecule has 1 saturated heterocycles. The molecule has 13 heavy (non-hydrogen) atoms. The molecule has 1 heterocycles. The van der Waals surface area contributed by atoms with Crippen LogP contribution < -0.4 is 10.6 Å². The summed E-state index contributed by atoms with van der Waals surface area (Å²) in [6.07, 6.45) is 2.40. The van der Waals surface area contributed by atoms with E-state index in [1.54, 1.807) is 0 Å². The topological polar surface area (TPSA) is 58.2 Å². The lowest BCUT2D eigenvalue weighted by Gasteiger charge is -2.09. The van der Waals surface area contributed by atoms with E-state index in [1.807, 2.05) is 0 Å². The van der Waals surface area contributed by atoms with E-state index in [9.17, 15) is 9.59 Å². The third kappa shape index (κ3) is 3.55. The number of nitrogens with one attached hydrogen (secondary N) is 2. The lowest BCUT2D eigenvalue weighted by Crippen LogP contribution is -2.41. The van der Waals surface area contributed by atoms with Gasteiger partial charge in [0.15, 0.2) is 0 Å². The number of Topliss-reactive ketones (excluding diaryl/α,β-unsaturated/α-hetero) is 1. The fourth-order valence-electron chi connectivity index (χ4n) is 1.39. The number of hydrogen-bond donors (Lipinski definition) is 2. The number of ketones is 1. The molecule has 1 aliphatic rings. The molecule has 0 bridgehead atoms. The molecule has 0 aromatic rings. The van der Waals surface area contributed by atoms with Gasteiger partial charge in [0.05, 0.1) is 6.04 Å². The van der Waals surface area contributed by atoms with E-state index in [-0.39, 0.29) is 17.7 Å². The number of carbonyl (C=O) groups excluding carboxylic acids is 2. The van der Waals surface area contributed by atoms with Crippen molar-refractivity contribution in [3.63, 3.8) is 0 Å². The summed E-state index contributed by atoms with van der Waals surface area (Å²) in [5.74, 6) is 0.137. The molecule has 74 valence electrons.